The molecule has 2 rings (SSSR count). The molecule has 1 unspecified atom stereocenters. The van der Waals surface area contributed by atoms with Gasteiger partial charge in [-0.2, -0.15) is 0 Å². The van der Waals surface area contributed by atoms with Gasteiger partial charge < -0.3 is 4.74 Å². The predicted molar refractivity (Wildman–Crippen MR) is 93.5 cm³/mol. The summed E-state index contributed by atoms with van der Waals surface area (Å²) in [4.78, 5) is 0. The topological polar surface area (TPSA) is 9.23 Å². The van der Waals surface area contributed by atoms with Gasteiger partial charge in [-0.25, -0.2) is 0 Å². The highest BCUT2D eigenvalue weighted by Crippen LogP contribution is 2.37. The van der Waals surface area contributed by atoms with Crippen LogP contribution in [0.2, 0.25) is 0 Å². The van der Waals surface area contributed by atoms with Crippen molar-refractivity contribution in [2.75, 3.05) is 7.11 Å². The Morgan fingerprint density at radius 1 is 1.05 bits per heavy atom. The van der Waals surface area contributed by atoms with Crippen LogP contribution in [0.15, 0.2) is 46.9 Å². The first kappa shape index (κ1) is 16.4. The van der Waals surface area contributed by atoms with Crippen LogP contribution < -0.4 is 4.74 Å². The van der Waals surface area contributed by atoms with Gasteiger partial charge in [0.05, 0.1) is 12.5 Å². The molecule has 0 heterocycles. The third-order valence-electron chi connectivity index (χ3n) is 3.54. The van der Waals surface area contributed by atoms with Crippen molar-refractivity contribution in [3.05, 3.63) is 63.6 Å². The van der Waals surface area contributed by atoms with Gasteiger partial charge in [-0.05, 0) is 28.7 Å². The molecule has 21 heavy (non-hydrogen) atoms. The Kier molecular flexibility index (Phi) is 5.00. The fraction of sp³-hybridized carbons (Fsp3) is 0.333. The quantitative estimate of drug-likeness (QED) is 0.597. The van der Waals surface area contributed by atoms with Crippen LogP contribution in [0, 0.1) is 0 Å². The van der Waals surface area contributed by atoms with Crippen LogP contribution in [0.25, 0.3) is 0 Å². The molecule has 0 bridgehead atoms. The van der Waals surface area contributed by atoms with E-state index >= 15 is 0 Å². The largest absolute Gasteiger partial charge is 0.496 e. The number of methoxy groups -OCH3 is 1. The normalized spacial score (nSPS) is 13.0. The number of benzene rings is 2. The fourth-order valence-electron chi connectivity index (χ4n) is 2.23. The fourth-order valence-corrected chi connectivity index (χ4v) is 2.89. The third kappa shape index (κ3) is 3.81. The number of hydrogen-bond acceptors (Lipinski definition) is 1. The van der Waals surface area contributed by atoms with E-state index in [1.165, 1.54) is 5.56 Å². The van der Waals surface area contributed by atoms with Gasteiger partial charge in [0.15, 0.2) is 0 Å². The maximum Gasteiger partial charge on any atom is 0.125 e. The zero-order valence-electron chi connectivity index (χ0n) is 12.8. The number of rotatable bonds is 3. The Morgan fingerprint density at radius 2 is 1.67 bits per heavy atom. The van der Waals surface area contributed by atoms with Crippen molar-refractivity contribution in [3.8, 4) is 5.75 Å². The van der Waals surface area contributed by atoms with E-state index < -0.39 is 0 Å². The highest BCUT2D eigenvalue weighted by Gasteiger charge is 2.18. The first-order chi connectivity index (χ1) is 9.82. The SMILES string of the molecule is COc1cc(Br)ccc1C(Cl)c1ccc(C(C)(C)C)cc1. The van der Waals surface area contributed by atoms with Crippen molar-refractivity contribution < 1.29 is 4.74 Å². The Hall–Kier alpha value is -0.990. The molecule has 0 radical (unpaired) electrons. The Labute approximate surface area is 140 Å². The molecule has 0 spiro atoms. The summed E-state index contributed by atoms with van der Waals surface area (Å²) in [5.41, 5.74) is 3.50. The smallest absolute Gasteiger partial charge is 0.125 e. The number of alkyl halides is 1. The first-order valence-electron chi connectivity index (χ1n) is 6.91. The molecular weight excluding hydrogens is 348 g/mol. The van der Waals surface area contributed by atoms with Crippen LogP contribution in [0.5, 0.6) is 5.75 Å². The van der Waals surface area contributed by atoms with Crippen molar-refractivity contribution in [2.45, 2.75) is 31.6 Å². The van der Waals surface area contributed by atoms with Gasteiger partial charge in [-0.3, -0.25) is 0 Å². The first-order valence-corrected chi connectivity index (χ1v) is 8.14. The van der Waals surface area contributed by atoms with Crippen LogP contribution in [0.1, 0.15) is 42.8 Å². The van der Waals surface area contributed by atoms with E-state index in [0.717, 1.165) is 21.3 Å². The van der Waals surface area contributed by atoms with Crippen LogP contribution in [-0.4, -0.2) is 7.11 Å². The zero-order valence-corrected chi connectivity index (χ0v) is 15.1. The lowest BCUT2D eigenvalue weighted by atomic mass is 9.86. The van der Waals surface area contributed by atoms with Gasteiger partial charge >= 0.3 is 0 Å². The molecule has 0 saturated heterocycles. The van der Waals surface area contributed by atoms with E-state index in [4.69, 9.17) is 16.3 Å². The van der Waals surface area contributed by atoms with Gasteiger partial charge in [-0.1, -0.05) is 67.0 Å². The van der Waals surface area contributed by atoms with Gasteiger partial charge in [-0.15, -0.1) is 11.6 Å². The van der Waals surface area contributed by atoms with E-state index in [9.17, 15) is 0 Å². The van der Waals surface area contributed by atoms with Gasteiger partial charge in [0.25, 0.3) is 0 Å². The molecule has 0 aliphatic heterocycles. The van der Waals surface area contributed by atoms with Gasteiger partial charge in [0.2, 0.25) is 0 Å². The number of ether oxygens (including phenoxy) is 1. The minimum Gasteiger partial charge on any atom is -0.496 e. The summed E-state index contributed by atoms with van der Waals surface area (Å²) in [6.07, 6.45) is 0. The van der Waals surface area contributed by atoms with E-state index in [1.807, 2.05) is 18.2 Å². The number of hydrogen-bond donors (Lipinski definition) is 0. The molecule has 0 saturated carbocycles. The highest BCUT2D eigenvalue weighted by molar-refractivity contribution is 9.10. The monoisotopic (exact) mass is 366 g/mol. The van der Waals surface area contributed by atoms with Crippen molar-refractivity contribution in [3.63, 3.8) is 0 Å². The molecule has 0 aliphatic carbocycles. The molecule has 112 valence electrons. The second kappa shape index (κ2) is 6.41. The minimum absolute atomic E-state index is 0.148. The van der Waals surface area contributed by atoms with Crippen molar-refractivity contribution in [1.82, 2.24) is 0 Å². The Balaban J connectivity index is 2.34. The van der Waals surface area contributed by atoms with E-state index in [2.05, 4.69) is 61.0 Å². The van der Waals surface area contributed by atoms with E-state index in [-0.39, 0.29) is 10.8 Å². The molecule has 2 aromatic rings. The molecule has 0 fully saturated rings. The van der Waals surface area contributed by atoms with Gasteiger partial charge in [0, 0.05) is 10.0 Å². The van der Waals surface area contributed by atoms with E-state index in [0.29, 0.717) is 0 Å². The minimum atomic E-state index is -0.220. The Bertz CT molecular complexity index is 614. The lowest BCUT2D eigenvalue weighted by molar-refractivity contribution is 0.410. The van der Waals surface area contributed by atoms with Crippen LogP contribution >= 0.6 is 27.5 Å². The van der Waals surface area contributed by atoms with Gasteiger partial charge in [0.1, 0.15) is 5.75 Å². The molecule has 0 aromatic heterocycles. The summed E-state index contributed by atoms with van der Waals surface area (Å²) in [5.74, 6) is 0.796. The molecule has 2 aromatic carbocycles. The standard InChI is InChI=1S/C18H20BrClO/c1-18(2,3)13-7-5-12(6-8-13)17(20)15-10-9-14(19)11-16(15)21-4/h5-11,17H,1-4H3. The molecule has 1 nitrogen and oxygen atoms in total. The van der Waals surface area contributed by atoms with Crippen molar-refractivity contribution in [2.24, 2.45) is 0 Å². The summed E-state index contributed by atoms with van der Waals surface area (Å²) < 4.78 is 6.41. The van der Waals surface area contributed by atoms with Crippen molar-refractivity contribution >= 4 is 27.5 Å². The molecule has 0 amide bonds. The van der Waals surface area contributed by atoms with Crippen LogP contribution in [0.3, 0.4) is 0 Å². The summed E-state index contributed by atoms with van der Waals surface area (Å²) in [5, 5.41) is -0.220. The molecule has 0 N–H and O–H groups in total. The molecule has 3 heteroatoms. The van der Waals surface area contributed by atoms with Crippen LogP contribution in [-0.2, 0) is 5.41 Å². The Morgan fingerprint density at radius 3 is 2.19 bits per heavy atom. The van der Waals surface area contributed by atoms with Crippen LogP contribution in [0.4, 0.5) is 0 Å². The molecule has 1 atom stereocenters. The zero-order chi connectivity index (χ0) is 15.6. The number of halogens is 2. The lowest BCUT2D eigenvalue weighted by Crippen LogP contribution is -2.10. The maximum atomic E-state index is 6.64. The summed E-state index contributed by atoms with van der Waals surface area (Å²) in [6.45, 7) is 6.62. The second-order valence-electron chi connectivity index (χ2n) is 6.12. The highest BCUT2D eigenvalue weighted by atomic mass is 79.9. The maximum absolute atomic E-state index is 6.64. The lowest BCUT2D eigenvalue weighted by Gasteiger charge is -2.20. The third-order valence-corrected chi connectivity index (χ3v) is 4.52. The predicted octanol–water partition coefficient (Wildman–Crippen LogP) is 6.08. The summed E-state index contributed by atoms with van der Waals surface area (Å²) >= 11 is 10.1. The second-order valence-corrected chi connectivity index (χ2v) is 7.47. The van der Waals surface area contributed by atoms with Crippen molar-refractivity contribution in [1.29, 1.82) is 0 Å². The average Bonchev–Trinajstić information content (AvgIpc) is 2.45. The molecular formula is C18H20BrClO. The average molecular weight is 368 g/mol. The summed E-state index contributed by atoms with van der Waals surface area (Å²) in [7, 11) is 1.66. The molecule has 0 aliphatic rings. The summed E-state index contributed by atoms with van der Waals surface area (Å²) in [6, 6.07) is 14.4. The van der Waals surface area contributed by atoms with E-state index in [1.54, 1.807) is 7.11 Å².